The highest BCUT2D eigenvalue weighted by Gasteiger charge is 2.28. The van der Waals surface area contributed by atoms with Gasteiger partial charge in [0.15, 0.2) is 0 Å². The van der Waals surface area contributed by atoms with Crippen molar-refractivity contribution >= 4 is 40.6 Å². The zero-order valence-electron chi connectivity index (χ0n) is 15.2. The van der Waals surface area contributed by atoms with E-state index in [0.29, 0.717) is 23.5 Å². The van der Waals surface area contributed by atoms with Crippen molar-refractivity contribution in [2.24, 2.45) is 11.7 Å². The van der Waals surface area contributed by atoms with E-state index in [2.05, 4.69) is 10.6 Å². The third-order valence-electron chi connectivity index (χ3n) is 4.37. The summed E-state index contributed by atoms with van der Waals surface area (Å²) in [5.74, 6) is 0.330. The number of carbonyl (C=O) groups is 2. The second kappa shape index (κ2) is 9.21. The van der Waals surface area contributed by atoms with Crippen molar-refractivity contribution in [1.29, 1.82) is 0 Å². The van der Waals surface area contributed by atoms with Crippen LogP contribution in [0.15, 0.2) is 46.0 Å². The average molecular weight is 392 g/mol. The Morgan fingerprint density at radius 1 is 1.23 bits per heavy atom. The van der Waals surface area contributed by atoms with E-state index in [0.717, 1.165) is 4.21 Å². The van der Waals surface area contributed by atoms with E-state index in [1.165, 1.54) is 11.8 Å². The molecule has 4 N–H and O–H groups in total. The van der Waals surface area contributed by atoms with E-state index in [1.54, 1.807) is 35.6 Å². The molecule has 1 unspecified atom stereocenters. The van der Waals surface area contributed by atoms with Crippen LogP contribution in [0.25, 0.3) is 0 Å². The summed E-state index contributed by atoms with van der Waals surface area (Å²) in [7, 11) is 0. The molecule has 0 saturated heterocycles. The van der Waals surface area contributed by atoms with Gasteiger partial charge in [-0.25, -0.2) is 0 Å². The van der Waals surface area contributed by atoms with Crippen LogP contribution >= 0.6 is 23.1 Å². The van der Waals surface area contributed by atoms with Gasteiger partial charge < -0.3 is 16.4 Å². The second-order valence-corrected chi connectivity index (χ2v) is 8.80. The molecule has 0 aliphatic rings. The number of nitrogens with two attached hydrogens (primary N) is 1. The molecule has 1 aromatic heterocycles. The molecule has 2 aromatic rings. The lowest BCUT2D eigenvalue weighted by Gasteiger charge is -2.33. The molecule has 1 aromatic carbocycles. The molecule has 5 nitrogen and oxygen atoms in total. The maximum absolute atomic E-state index is 12.4. The van der Waals surface area contributed by atoms with Gasteiger partial charge in [0.05, 0.1) is 15.5 Å². The van der Waals surface area contributed by atoms with Crippen LogP contribution in [0, 0.1) is 5.92 Å². The maximum atomic E-state index is 12.4. The van der Waals surface area contributed by atoms with E-state index in [9.17, 15) is 9.59 Å². The predicted molar refractivity (Wildman–Crippen MR) is 110 cm³/mol. The van der Waals surface area contributed by atoms with Gasteiger partial charge in [0.1, 0.15) is 0 Å². The Morgan fingerprint density at radius 3 is 2.46 bits per heavy atom. The van der Waals surface area contributed by atoms with Crippen LogP contribution in [0.2, 0.25) is 0 Å². The molecule has 0 fully saturated rings. The summed E-state index contributed by atoms with van der Waals surface area (Å²) >= 11 is 3.12. The van der Waals surface area contributed by atoms with Crippen molar-refractivity contribution in [3.63, 3.8) is 0 Å². The van der Waals surface area contributed by atoms with Gasteiger partial charge in [-0.1, -0.05) is 19.9 Å². The summed E-state index contributed by atoms with van der Waals surface area (Å²) in [4.78, 5) is 24.4. The molecule has 0 bridgehead atoms. The molecule has 0 spiro atoms. The van der Waals surface area contributed by atoms with Gasteiger partial charge in [0.25, 0.3) is 5.91 Å². The SMILES string of the molecule is CC(C)C(C)(CN)NC(=O)c1ccc(NC(=O)CSc2cccs2)cc1. The maximum Gasteiger partial charge on any atom is 0.251 e. The zero-order valence-corrected chi connectivity index (χ0v) is 16.9. The van der Waals surface area contributed by atoms with E-state index >= 15 is 0 Å². The molecular weight excluding hydrogens is 366 g/mol. The largest absolute Gasteiger partial charge is 0.345 e. The lowest BCUT2D eigenvalue weighted by molar-refractivity contribution is -0.113. The zero-order chi connectivity index (χ0) is 19.2. The molecule has 0 aliphatic carbocycles. The molecule has 140 valence electrons. The second-order valence-electron chi connectivity index (χ2n) is 6.58. The van der Waals surface area contributed by atoms with Gasteiger partial charge in [0.2, 0.25) is 5.91 Å². The minimum absolute atomic E-state index is 0.0730. The van der Waals surface area contributed by atoms with Crippen molar-refractivity contribution in [2.45, 2.75) is 30.5 Å². The Kier molecular flexibility index (Phi) is 7.25. The van der Waals surface area contributed by atoms with E-state index in [1.807, 2.05) is 38.3 Å². The Balaban J connectivity index is 1.90. The third kappa shape index (κ3) is 5.59. The number of benzene rings is 1. The standard InChI is InChI=1S/C19H25N3O2S2/c1-13(2)19(3,12-20)22-18(24)14-6-8-15(9-7-14)21-16(23)11-26-17-5-4-10-25-17/h4-10,13H,11-12,20H2,1-3H3,(H,21,23)(H,22,24). The lowest BCUT2D eigenvalue weighted by atomic mass is 9.88. The normalized spacial score (nSPS) is 13.3. The minimum atomic E-state index is -0.455. The number of thioether (sulfide) groups is 1. The Labute approximate surface area is 162 Å². The summed E-state index contributed by atoms with van der Waals surface area (Å²) in [6.45, 7) is 6.36. The summed E-state index contributed by atoms with van der Waals surface area (Å²) < 4.78 is 1.11. The first-order valence-corrected chi connectivity index (χ1v) is 10.3. The molecule has 7 heteroatoms. The van der Waals surface area contributed by atoms with Crippen LogP contribution in [-0.2, 0) is 4.79 Å². The monoisotopic (exact) mass is 391 g/mol. The molecule has 2 amide bonds. The Hall–Kier alpha value is -1.83. The van der Waals surface area contributed by atoms with Crippen LogP contribution < -0.4 is 16.4 Å². The number of hydrogen-bond acceptors (Lipinski definition) is 5. The number of hydrogen-bond donors (Lipinski definition) is 3. The molecule has 26 heavy (non-hydrogen) atoms. The summed E-state index contributed by atoms with van der Waals surface area (Å²) in [5.41, 5.74) is 6.57. The third-order valence-corrected chi connectivity index (χ3v) is 6.50. The van der Waals surface area contributed by atoms with Crippen LogP contribution in [0.5, 0.6) is 0 Å². The van der Waals surface area contributed by atoms with Crippen molar-refractivity contribution < 1.29 is 9.59 Å². The van der Waals surface area contributed by atoms with Gasteiger partial charge in [-0.2, -0.15) is 0 Å². The highest BCUT2D eigenvalue weighted by atomic mass is 32.2. The summed E-state index contributed by atoms with van der Waals surface area (Å²) in [6.07, 6.45) is 0. The summed E-state index contributed by atoms with van der Waals surface area (Å²) in [5, 5.41) is 7.83. The summed E-state index contributed by atoms with van der Waals surface area (Å²) in [6, 6.07) is 10.8. The van der Waals surface area contributed by atoms with E-state index in [-0.39, 0.29) is 17.7 Å². The van der Waals surface area contributed by atoms with Crippen molar-refractivity contribution in [3.05, 3.63) is 47.3 Å². The van der Waals surface area contributed by atoms with Crippen molar-refractivity contribution in [1.82, 2.24) is 5.32 Å². The fraction of sp³-hybridized carbons (Fsp3) is 0.368. The Bertz CT molecular complexity index is 730. The number of anilines is 1. The number of nitrogens with one attached hydrogen (secondary N) is 2. The molecule has 1 heterocycles. The smallest absolute Gasteiger partial charge is 0.251 e. The topological polar surface area (TPSA) is 84.2 Å². The van der Waals surface area contributed by atoms with Crippen LogP contribution in [0.3, 0.4) is 0 Å². The number of amides is 2. The lowest BCUT2D eigenvalue weighted by Crippen LogP contribution is -2.55. The number of thiophene rings is 1. The highest BCUT2D eigenvalue weighted by Crippen LogP contribution is 2.23. The first kappa shape index (κ1) is 20.5. The number of rotatable bonds is 8. The van der Waals surface area contributed by atoms with Crippen LogP contribution in [-0.4, -0.2) is 29.7 Å². The van der Waals surface area contributed by atoms with Crippen molar-refractivity contribution in [2.75, 3.05) is 17.6 Å². The molecule has 0 radical (unpaired) electrons. The fourth-order valence-corrected chi connectivity index (χ4v) is 3.73. The quantitative estimate of drug-likeness (QED) is 0.601. The van der Waals surface area contributed by atoms with Crippen LogP contribution in [0.4, 0.5) is 5.69 Å². The van der Waals surface area contributed by atoms with Gasteiger partial charge in [-0.3, -0.25) is 9.59 Å². The Morgan fingerprint density at radius 2 is 1.92 bits per heavy atom. The minimum Gasteiger partial charge on any atom is -0.345 e. The van der Waals surface area contributed by atoms with E-state index in [4.69, 9.17) is 5.73 Å². The predicted octanol–water partition coefficient (Wildman–Crippen LogP) is 3.58. The highest BCUT2D eigenvalue weighted by molar-refractivity contribution is 8.01. The molecule has 1 atom stereocenters. The van der Waals surface area contributed by atoms with Gasteiger partial charge >= 0.3 is 0 Å². The molecular formula is C19H25N3O2S2. The van der Waals surface area contributed by atoms with Crippen molar-refractivity contribution in [3.8, 4) is 0 Å². The van der Waals surface area contributed by atoms with Crippen LogP contribution in [0.1, 0.15) is 31.1 Å². The first-order chi connectivity index (χ1) is 12.3. The molecule has 2 rings (SSSR count). The fourth-order valence-electron chi connectivity index (χ4n) is 2.15. The van der Waals surface area contributed by atoms with Gasteiger partial charge in [-0.15, -0.1) is 23.1 Å². The number of carbonyl (C=O) groups excluding carboxylic acids is 2. The van der Waals surface area contributed by atoms with Gasteiger partial charge in [-0.05, 0) is 48.6 Å². The molecule has 0 saturated carbocycles. The first-order valence-electron chi connectivity index (χ1n) is 8.43. The van der Waals surface area contributed by atoms with Gasteiger partial charge in [0, 0.05) is 17.8 Å². The van der Waals surface area contributed by atoms with E-state index < -0.39 is 5.54 Å². The average Bonchev–Trinajstić information content (AvgIpc) is 3.13. The molecule has 0 aliphatic heterocycles.